The number of amides is 1. The predicted molar refractivity (Wildman–Crippen MR) is 97.7 cm³/mol. The molecule has 0 aliphatic carbocycles. The molecular weight excluding hydrogens is 332 g/mol. The smallest absolute Gasteiger partial charge is 0.248 e. The Morgan fingerprint density at radius 1 is 1.38 bits per heavy atom. The van der Waals surface area contributed by atoms with Crippen LogP contribution < -0.4 is 5.32 Å². The SMILES string of the molecule is COCCc1noc(C(C)NC(=O)CCn2c(C)cc3ccccc32)n1. The first-order valence-corrected chi connectivity index (χ1v) is 8.74. The summed E-state index contributed by atoms with van der Waals surface area (Å²) < 4.78 is 12.4. The van der Waals surface area contributed by atoms with Crippen LogP contribution in [0.25, 0.3) is 10.9 Å². The fourth-order valence-corrected chi connectivity index (χ4v) is 2.97. The average molecular weight is 356 g/mol. The first-order valence-electron chi connectivity index (χ1n) is 8.74. The van der Waals surface area contributed by atoms with E-state index in [-0.39, 0.29) is 11.9 Å². The molecule has 0 aliphatic heterocycles. The maximum Gasteiger partial charge on any atom is 0.248 e. The van der Waals surface area contributed by atoms with Gasteiger partial charge in [0.2, 0.25) is 11.8 Å². The van der Waals surface area contributed by atoms with Gasteiger partial charge in [-0.2, -0.15) is 4.98 Å². The van der Waals surface area contributed by atoms with Gasteiger partial charge >= 0.3 is 0 Å². The standard InChI is InChI=1S/C19H24N4O3/c1-13-12-15-6-4-5-7-16(15)23(13)10-8-18(24)20-14(2)19-21-17(22-26-19)9-11-25-3/h4-7,12,14H,8-11H2,1-3H3,(H,20,24). The number of rotatable bonds is 8. The number of hydrogen-bond donors (Lipinski definition) is 1. The molecule has 0 aliphatic rings. The third kappa shape index (κ3) is 4.11. The molecule has 0 radical (unpaired) electrons. The molecule has 7 nitrogen and oxygen atoms in total. The average Bonchev–Trinajstić information content (AvgIpc) is 3.22. The Morgan fingerprint density at radius 2 is 2.19 bits per heavy atom. The number of aromatic nitrogens is 3. The summed E-state index contributed by atoms with van der Waals surface area (Å²) >= 11 is 0. The molecule has 3 aromatic rings. The lowest BCUT2D eigenvalue weighted by Crippen LogP contribution is -2.27. The number of carbonyl (C=O) groups excluding carboxylic acids is 1. The molecule has 1 aromatic carbocycles. The Morgan fingerprint density at radius 3 is 3.00 bits per heavy atom. The van der Waals surface area contributed by atoms with Gasteiger partial charge in [-0.15, -0.1) is 0 Å². The van der Waals surface area contributed by atoms with E-state index in [1.165, 1.54) is 5.39 Å². The van der Waals surface area contributed by atoms with Crippen molar-refractivity contribution in [1.29, 1.82) is 0 Å². The molecule has 26 heavy (non-hydrogen) atoms. The summed E-state index contributed by atoms with van der Waals surface area (Å²) in [6.07, 6.45) is 0.967. The summed E-state index contributed by atoms with van der Waals surface area (Å²) in [5.74, 6) is 0.941. The maximum atomic E-state index is 12.3. The van der Waals surface area contributed by atoms with Crippen LogP contribution in [-0.4, -0.2) is 34.3 Å². The van der Waals surface area contributed by atoms with E-state index in [2.05, 4.69) is 45.1 Å². The Bertz CT molecular complexity index is 884. The Labute approximate surface area is 152 Å². The predicted octanol–water partition coefficient (Wildman–Crippen LogP) is 2.79. The highest BCUT2D eigenvalue weighted by molar-refractivity contribution is 5.81. The van der Waals surface area contributed by atoms with E-state index in [0.29, 0.717) is 37.7 Å². The van der Waals surface area contributed by atoms with Gasteiger partial charge in [0.05, 0.1) is 6.61 Å². The molecule has 0 bridgehead atoms. The normalized spacial score (nSPS) is 12.4. The molecule has 3 rings (SSSR count). The van der Waals surface area contributed by atoms with Crippen LogP contribution >= 0.6 is 0 Å². The van der Waals surface area contributed by atoms with Gasteiger partial charge in [-0.1, -0.05) is 23.4 Å². The van der Waals surface area contributed by atoms with Crippen molar-refractivity contribution in [1.82, 2.24) is 20.0 Å². The molecule has 0 saturated carbocycles. The molecule has 0 fully saturated rings. The van der Waals surface area contributed by atoms with Gasteiger partial charge in [0.15, 0.2) is 5.82 Å². The van der Waals surface area contributed by atoms with Crippen molar-refractivity contribution in [3.63, 3.8) is 0 Å². The van der Waals surface area contributed by atoms with Crippen LogP contribution in [0.1, 0.15) is 36.8 Å². The second-order valence-corrected chi connectivity index (χ2v) is 6.33. The van der Waals surface area contributed by atoms with Crippen LogP contribution in [-0.2, 0) is 22.5 Å². The number of carbonyl (C=O) groups is 1. The second kappa shape index (κ2) is 8.14. The van der Waals surface area contributed by atoms with E-state index in [9.17, 15) is 4.79 Å². The largest absolute Gasteiger partial charge is 0.384 e. The number of hydrogen-bond acceptors (Lipinski definition) is 5. The highest BCUT2D eigenvalue weighted by Gasteiger charge is 2.17. The van der Waals surface area contributed by atoms with Crippen molar-refractivity contribution in [2.24, 2.45) is 0 Å². The van der Waals surface area contributed by atoms with Gasteiger partial charge in [0.25, 0.3) is 0 Å². The van der Waals surface area contributed by atoms with E-state index in [4.69, 9.17) is 9.26 Å². The van der Waals surface area contributed by atoms with Gasteiger partial charge in [-0.3, -0.25) is 4.79 Å². The van der Waals surface area contributed by atoms with Crippen LogP contribution in [0.3, 0.4) is 0 Å². The van der Waals surface area contributed by atoms with Crippen LogP contribution in [0.5, 0.6) is 0 Å². The number of nitrogens with one attached hydrogen (secondary N) is 1. The van der Waals surface area contributed by atoms with Gasteiger partial charge in [0, 0.05) is 37.7 Å². The number of ether oxygens (including phenoxy) is 1. The van der Waals surface area contributed by atoms with E-state index < -0.39 is 0 Å². The summed E-state index contributed by atoms with van der Waals surface area (Å²) in [6, 6.07) is 9.99. The van der Waals surface area contributed by atoms with Gasteiger partial charge < -0.3 is 19.1 Å². The van der Waals surface area contributed by atoms with E-state index in [1.807, 2.05) is 19.1 Å². The molecule has 1 amide bonds. The number of benzene rings is 1. The number of nitrogens with zero attached hydrogens (tertiary/aromatic N) is 3. The highest BCUT2D eigenvalue weighted by atomic mass is 16.5. The molecule has 1 N–H and O–H groups in total. The molecule has 0 spiro atoms. The van der Waals surface area contributed by atoms with Crippen molar-refractivity contribution in [2.75, 3.05) is 13.7 Å². The molecule has 2 heterocycles. The summed E-state index contributed by atoms with van der Waals surface area (Å²) in [7, 11) is 1.62. The summed E-state index contributed by atoms with van der Waals surface area (Å²) in [4.78, 5) is 16.6. The van der Waals surface area contributed by atoms with Crippen LogP contribution in [0, 0.1) is 6.92 Å². The topological polar surface area (TPSA) is 82.2 Å². The van der Waals surface area contributed by atoms with Crippen molar-refractivity contribution in [3.05, 3.63) is 47.7 Å². The van der Waals surface area contributed by atoms with Crippen molar-refractivity contribution in [3.8, 4) is 0 Å². The number of aryl methyl sites for hydroxylation is 2. The molecule has 0 saturated heterocycles. The van der Waals surface area contributed by atoms with Gasteiger partial charge in [-0.25, -0.2) is 0 Å². The summed E-state index contributed by atoms with van der Waals surface area (Å²) in [5.41, 5.74) is 2.29. The Balaban J connectivity index is 1.56. The molecular formula is C19H24N4O3. The lowest BCUT2D eigenvalue weighted by molar-refractivity contribution is -0.122. The third-order valence-electron chi connectivity index (χ3n) is 4.34. The first-order chi connectivity index (χ1) is 12.6. The quantitative estimate of drug-likeness (QED) is 0.671. The van der Waals surface area contributed by atoms with Crippen LogP contribution in [0.15, 0.2) is 34.9 Å². The minimum absolute atomic E-state index is 0.0497. The molecule has 7 heteroatoms. The minimum atomic E-state index is -0.325. The van der Waals surface area contributed by atoms with Gasteiger partial charge in [0.1, 0.15) is 6.04 Å². The minimum Gasteiger partial charge on any atom is -0.384 e. The molecule has 1 unspecified atom stereocenters. The maximum absolute atomic E-state index is 12.3. The van der Waals surface area contributed by atoms with Crippen molar-refractivity contribution < 1.29 is 14.1 Å². The fraction of sp³-hybridized carbons (Fsp3) is 0.421. The molecule has 2 aromatic heterocycles. The number of para-hydroxylation sites is 1. The molecule has 1 atom stereocenters. The summed E-state index contributed by atoms with van der Waals surface area (Å²) in [6.45, 7) is 5.05. The summed E-state index contributed by atoms with van der Waals surface area (Å²) in [5, 5.41) is 8.00. The Hall–Kier alpha value is -2.67. The number of fused-ring (bicyclic) bond motifs is 1. The number of methoxy groups -OCH3 is 1. The first kappa shape index (κ1) is 18.1. The van der Waals surface area contributed by atoms with Gasteiger partial charge in [-0.05, 0) is 31.4 Å². The van der Waals surface area contributed by atoms with Crippen LogP contribution in [0.2, 0.25) is 0 Å². The monoisotopic (exact) mass is 356 g/mol. The zero-order valence-corrected chi connectivity index (χ0v) is 15.4. The lowest BCUT2D eigenvalue weighted by atomic mass is 10.2. The Kier molecular flexibility index (Phi) is 5.68. The second-order valence-electron chi connectivity index (χ2n) is 6.33. The lowest BCUT2D eigenvalue weighted by Gasteiger charge is -2.11. The van der Waals surface area contributed by atoms with E-state index >= 15 is 0 Å². The van der Waals surface area contributed by atoms with E-state index in [0.717, 1.165) is 11.2 Å². The van der Waals surface area contributed by atoms with Crippen molar-refractivity contribution in [2.45, 2.75) is 39.3 Å². The third-order valence-corrected chi connectivity index (χ3v) is 4.34. The zero-order chi connectivity index (χ0) is 18.5. The fourth-order valence-electron chi connectivity index (χ4n) is 2.97. The van der Waals surface area contributed by atoms with Crippen molar-refractivity contribution >= 4 is 16.8 Å². The highest BCUT2D eigenvalue weighted by Crippen LogP contribution is 2.19. The molecule has 138 valence electrons. The van der Waals surface area contributed by atoms with Crippen LogP contribution in [0.4, 0.5) is 0 Å². The zero-order valence-electron chi connectivity index (χ0n) is 15.4. The van der Waals surface area contributed by atoms with E-state index in [1.54, 1.807) is 7.11 Å².